The second-order valence-electron chi connectivity index (χ2n) is 3.65. The van der Waals surface area contributed by atoms with Crippen molar-refractivity contribution < 1.29 is 9.57 Å². The maximum Gasteiger partial charge on any atom is 0.122 e. The van der Waals surface area contributed by atoms with Crippen molar-refractivity contribution in [3.8, 4) is 5.75 Å². The van der Waals surface area contributed by atoms with Crippen molar-refractivity contribution in [1.82, 2.24) is 0 Å². The maximum absolute atomic E-state index is 5.64. The average Bonchev–Trinajstić information content (AvgIpc) is 2.26. The van der Waals surface area contributed by atoms with E-state index in [4.69, 9.17) is 10.6 Å². The zero-order valence-corrected chi connectivity index (χ0v) is 8.11. The molecule has 0 spiro atoms. The zero-order chi connectivity index (χ0) is 9.80. The number of nitrogens with two attached hydrogens (primary N) is 1. The second kappa shape index (κ2) is 4.44. The number of rotatable bonds is 3. The summed E-state index contributed by atoms with van der Waals surface area (Å²) in [6.45, 7) is 1.39. The summed E-state index contributed by atoms with van der Waals surface area (Å²) >= 11 is 0. The zero-order valence-electron chi connectivity index (χ0n) is 8.11. The summed E-state index contributed by atoms with van der Waals surface area (Å²) in [7, 11) is 0. The summed E-state index contributed by atoms with van der Waals surface area (Å²) in [5, 5.41) is 0. The molecule has 0 fully saturated rings. The summed E-state index contributed by atoms with van der Waals surface area (Å²) in [4.78, 5) is 4.58. The average molecular weight is 193 g/mol. The van der Waals surface area contributed by atoms with Crippen molar-refractivity contribution in [1.29, 1.82) is 0 Å². The standard InChI is InChI=1S/C11H15NO2/c12-14-6-5-9-7-10-3-1-2-4-11(10)13-8-9/h1-4,9H,5-8,12H2. The molecule has 1 atom stereocenters. The van der Waals surface area contributed by atoms with E-state index in [1.54, 1.807) is 0 Å². The minimum Gasteiger partial charge on any atom is -0.493 e. The Morgan fingerprint density at radius 3 is 3.14 bits per heavy atom. The Bertz CT molecular complexity index is 301. The first-order valence-electron chi connectivity index (χ1n) is 4.92. The molecule has 0 aliphatic carbocycles. The first-order valence-corrected chi connectivity index (χ1v) is 4.92. The monoisotopic (exact) mass is 193 g/mol. The molecule has 0 aromatic heterocycles. The van der Waals surface area contributed by atoms with Gasteiger partial charge in [0.15, 0.2) is 0 Å². The Labute approximate surface area is 83.8 Å². The smallest absolute Gasteiger partial charge is 0.122 e. The van der Waals surface area contributed by atoms with Crippen LogP contribution in [0.2, 0.25) is 0 Å². The fourth-order valence-electron chi connectivity index (χ4n) is 1.81. The van der Waals surface area contributed by atoms with Gasteiger partial charge in [0.25, 0.3) is 0 Å². The van der Waals surface area contributed by atoms with E-state index >= 15 is 0 Å². The normalized spacial score (nSPS) is 19.9. The molecule has 1 heterocycles. The molecule has 1 aromatic carbocycles. The molecule has 1 aliphatic heterocycles. The third kappa shape index (κ3) is 2.05. The summed E-state index contributed by atoms with van der Waals surface area (Å²) in [6.07, 6.45) is 2.03. The van der Waals surface area contributed by atoms with E-state index in [0.29, 0.717) is 12.5 Å². The number of benzene rings is 1. The lowest BCUT2D eigenvalue weighted by molar-refractivity contribution is 0.107. The predicted molar refractivity (Wildman–Crippen MR) is 53.9 cm³/mol. The minimum absolute atomic E-state index is 0.536. The lowest BCUT2D eigenvalue weighted by atomic mass is 9.94. The molecule has 0 radical (unpaired) electrons. The molecule has 0 saturated carbocycles. The molecule has 3 heteroatoms. The Kier molecular flexibility index (Phi) is 3.01. The number of para-hydroxylation sites is 1. The highest BCUT2D eigenvalue weighted by molar-refractivity contribution is 5.34. The van der Waals surface area contributed by atoms with Crippen LogP contribution in [-0.4, -0.2) is 13.2 Å². The highest BCUT2D eigenvalue weighted by atomic mass is 16.6. The molecule has 1 aromatic rings. The van der Waals surface area contributed by atoms with Crippen LogP contribution in [0.4, 0.5) is 0 Å². The van der Waals surface area contributed by atoms with Gasteiger partial charge in [-0.05, 0) is 30.4 Å². The summed E-state index contributed by atoms with van der Waals surface area (Å²) in [5.41, 5.74) is 1.29. The highest BCUT2D eigenvalue weighted by Crippen LogP contribution is 2.27. The number of hydrogen-bond donors (Lipinski definition) is 1. The van der Waals surface area contributed by atoms with E-state index in [1.165, 1.54) is 5.56 Å². The van der Waals surface area contributed by atoms with Gasteiger partial charge in [-0.3, -0.25) is 0 Å². The van der Waals surface area contributed by atoms with Crippen LogP contribution >= 0.6 is 0 Å². The van der Waals surface area contributed by atoms with E-state index < -0.39 is 0 Å². The number of fused-ring (bicyclic) bond motifs is 1. The van der Waals surface area contributed by atoms with Gasteiger partial charge in [0.2, 0.25) is 0 Å². The molecule has 14 heavy (non-hydrogen) atoms. The first kappa shape index (κ1) is 9.49. The van der Waals surface area contributed by atoms with Crippen molar-refractivity contribution in [2.45, 2.75) is 12.8 Å². The van der Waals surface area contributed by atoms with Crippen LogP contribution in [0.1, 0.15) is 12.0 Å². The third-order valence-corrected chi connectivity index (χ3v) is 2.60. The van der Waals surface area contributed by atoms with Gasteiger partial charge in [0.1, 0.15) is 5.75 Å². The van der Waals surface area contributed by atoms with E-state index in [2.05, 4.69) is 10.9 Å². The molecule has 3 nitrogen and oxygen atoms in total. The largest absolute Gasteiger partial charge is 0.493 e. The van der Waals surface area contributed by atoms with E-state index in [-0.39, 0.29) is 0 Å². The fourth-order valence-corrected chi connectivity index (χ4v) is 1.81. The van der Waals surface area contributed by atoms with Crippen LogP contribution in [0.5, 0.6) is 5.75 Å². The molecule has 1 unspecified atom stereocenters. The second-order valence-corrected chi connectivity index (χ2v) is 3.65. The van der Waals surface area contributed by atoms with Gasteiger partial charge in [-0.2, -0.15) is 0 Å². The summed E-state index contributed by atoms with van der Waals surface area (Å²) in [5.74, 6) is 6.56. The lowest BCUT2D eigenvalue weighted by Gasteiger charge is -2.24. The summed E-state index contributed by atoms with van der Waals surface area (Å²) in [6, 6.07) is 8.18. The van der Waals surface area contributed by atoms with Crippen molar-refractivity contribution in [3.05, 3.63) is 29.8 Å². The van der Waals surface area contributed by atoms with E-state index in [0.717, 1.165) is 25.2 Å². The van der Waals surface area contributed by atoms with Gasteiger partial charge >= 0.3 is 0 Å². The van der Waals surface area contributed by atoms with Gasteiger partial charge in [0.05, 0.1) is 13.2 Å². The highest BCUT2D eigenvalue weighted by Gasteiger charge is 2.18. The fraction of sp³-hybridized carbons (Fsp3) is 0.455. The predicted octanol–water partition coefficient (Wildman–Crippen LogP) is 1.52. The number of ether oxygens (including phenoxy) is 1. The van der Waals surface area contributed by atoms with Crippen LogP contribution in [0.25, 0.3) is 0 Å². The van der Waals surface area contributed by atoms with E-state index in [1.807, 2.05) is 18.2 Å². The summed E-state index contributed by atoms with van der Waals surface area (Å²) < 4.78 is 5.64. The lowest BCUT2D eigenvalue weighted by Crippen LogP contribution is -2.22. The Hall–Kier alpha value is -1.06. The Morgan fingerprint density at radius 2 is 2.29 bits per heavy atom. The molecule has 2 rings (SSSR count). The molecular weight excluding hydrogens is 178 g/mol. The first-order chi connectivity index (χ1) is 6.90. The van der Waals surface area contributed by atoms with Crippen LogP contribution in [-0.2, 0) is 11.3 Å². The molecule has 0 amide bonds. The topological polar surface area (TPSA) is 44.5 Å². The molecule has 1 aliphatic rings. The van der Waals surface area contributed by atoms with Crippen molar-refractivity contribution in [2.24, 2.45) is 11.8 Å². The third-order valence-electron chi connectivity index (χ3n) is 2.60. The van der Waals surface area contributed by atoms with Crippen LogP contribution < -0.4 is 10.6 Å². The van der Waals surface area contributed by atoms with Gasteiger partial charge in [-0.25, -0.2) is 5.90 Å². The van der Waals surface area contributed by atoms with Crippen molar-refractivity contribution in [2.75, 3.05) is 13.2 Å². The van der Waals surface area contributed by atoms with Crippen LogP contribution in [0.15, 0.2) is 24.3 Å². The van der Waals surface area contributed by atoms with Gasteiger partial charge in [-0.1, -0.05) is 18.2 Å². The Balaban J connectivity index is 1.99. The molecule has 0 saturated heterocycles. The van der Waals surface area contributed by atoms with Crippen LogP contribution in [0.3, 0.4) is 0 Å². The number of hydrogen-bond acceptors (Lipinski definition) is 3. The molecule has 0 bridgehead atoms. The Morgan fingerprint density at radius 1 is 1.43 bits per heavy atom. The van der Waals surface area contributed by atoms with Gasteiger partial charge in [0, 0.05) is 0 Å². The SMILES string of the molecule is NOCCC1COc2ccccc2C1. The minimum atomic E-state index is 0.536. The maximum atomic E-state index is 5.64. The quantitative estimate of drug-likeness (QED) is 0.740. The van der Waals surface area contributed by atoms with Crippen LogP contribution in [0, 0.1) is 5.92 Å². The van der Waals surface area contributed by atoms with Crippen molar-refractivity contribution in [3.63, 3.8) is 0 Å². The molecular formula is C11H15NO2. The van der Waals surface area contributed by atoms with Gasteiger partial charge < -0.3 is 9.57 Å². The molecule has 76 valence electrons. The van der Waals surface area contributed by atoms with E-state index in [9.17, 15) is 0 Å². The van der Waals surface area contributed by atoms with Gasteiger partial charge in [-0.15, -0.1) is 0 Å². The molecule has 2 N–H and O–H groups in total. The van der Waals surface area contributed by atoms with Crippen molar-refractivity contribution >= 4 is 0 Å².